The number of nitrogens with one attached hydrogen (secondary N) is 4. The van der Waals surface area contributed by atoms with Crippen molar-refractivity contribution in [3.8, 4) is 0 Å². The molecular formula is C70H128N8O35. The van der Waals surface area contributed by atoms with Gasteiger partial charge in [0.15, 0.2) is 0 Å². The molecule has 0 atom stereocenters. The molecule has 9 amide bonds. The zero-order valence-corrected chi connectivity index (χ0v) is 64.6. The average molecular weight is 1640 g/mol. The van der Waals surface area contributed by atoms with E-state index >= 15 is 9.59 Å². The van der Waals surface area contributed by atoms with Crippen molar-refractivity contribution in [2.24, 2.45) is 0 Å². The van der Waals surface area contributed by atoms with Gasteiger partial charge in [-0.05, 0) is 64.2 Å². The molecule has 1 fully saturated rings. The normalized spacial score (nSPS) is 12.7. The second-order valence-electron chi connectivity index (χ2n) is 26.5. The van der Waals surface area contributed by atoms with Crippen LogP contribution < -0.4 is 21.3 Å². The van der Waals surface area contributed by atoms with Crippen LogP contribution in [0.2, 0.25) is 0 Å². The third kappa shape index (κ3) is 48.3. The Balaban J connectivity index is 4.08. The fourth-order valence-corrected chi connectivity index (χ4v) is 10.7. The third-order valence-corrected chi connectivity index (χ3v) is 17.6. The monoisotopic (exact) mass is 1640 g/mol. The van der Waals surface area contributed by atoms with Crippen LogP contribution in [0.25, 0.3) is 0 Å². The Morgan fingerprint density at radius 3 is 0.735 bits per heavy atom. The summed E-state index contributed by atoms with van der Waals surface area (Å²) >= 11 is 0. The molecule has 1 aliphatic heterocycles. The zero-order valence-electron chi connectivity index (χ0n) is 64.6. The molecule has 1 aliphatic rings. The smallest absolute Gasteiger partial charge is 0.333 e. The number of nitrogens with zero attached hydrogens (tertiary/aromatic N) is 4. The number of hydroxylamine groups is 2. The SMILES string of the molecule is O=C(CCCN(CCC(=O)NC(CCOC(CO)CO)CCOC(CO)CO)C(=O)CN(CC(=O)N(CCCC(=O)NC(CCOC(CO)CO)CCOC(CO)CO)CCC(=O)NC(CCOC(CO)CO)CCOC(CO)CO)C(=O)CCC(=O)ON1C(=O)CCC1=O)NC(CCOC(CO)CO)CCOC(CO)CO. The van der Waals surface area contributed by atoms with E-state index in [2.05, 4.69) is 21.3 Å². The molecule has 1 heterocycles. The Morgan fingerprint density at radius 2 is 0.513 bits per heavy atom. The van der Waals surface area contributed by atoms with Crippen molar-refractivity contribution in [2.45, 2.75) is 189 Å². The summed E-state index contributed by atoms with van der Waals surface area (Å²) in [6.07, 6.45) is -11.2. The first-order valence-corrected chi connectivity index (χ1v) is 38.2. The first-order chi connectivity index (χ1) is 54.4. The lowest BCUT2D eigenvalue weighted by atomic mass is 10.1. The maximum absolute atomic E-state index is 15.1. The van der Waals surface area contributed by atoms with Crippen molar-refractivity contribution in [1.29, 1.82) is 0 Å². The fourth-order valence-electron chi connectivity index (χ4n) is 10.7. The van der Waals surface area contributed by atoms with Gasteiger partial charge in [0, 0.05) is 148 Å². The topological polar surface area (TPSA) is 639 Å². The molecule has 0 saturated carbocycles. The first-order valence-electron chi connectivity index (χ1n) is 38.2. The van der Waals surface area contributed by atoms with E-state index in [1.54, 1.807) is 0 Å². The van der Waals surface area contributed by atoms with E-state index in [9.17, 15) is 120 Å². The lowest BCUT2D eigenvalue weighted by Crippen LogP contribution is -2.49. The number of carbonyl (C=O) groups excluding carboxylic acids is 10. The highest BCUT2D eigenvalue weighted by Crippen LogP contribution is 2.16. The number of rotatable bonds is 74. The number of hydrogen-bond acceptors (Lipinski definition) is 35. The Labute approximate surface area is 656 Å². The fraction of sp³-hybridized carbons (Fsp3) is 0.857. The van der Waals surface area contributed by atoms with E-state index in [1.807, 2.05) is 0 Å². The molecule has 0 aromatic rings. The van der Waals surface area contributed by atoms with Crippen molar-refractivity contribution < 1.29 is 172 Å². The lowest BCUT2D eigenvalue weighted by molar-refractivity contribution is -0.197. The lowest BCUT2D eigenvalue weighted by Gasteiger charge is -2.30. The molecule has 43 heteroatoms. The van der Waals surface area contributed by atoms with E-state index in [4.69, 9.17) is 42.7 Å². The summed E-state index contributed by atoms with van der Waals surface area (Å²) in [5, 5.41) is 165. The van der Waals surface area contributed by atoms with E-state index in [1.165, 1.54) is 0 Å². The molecule has 0 aromatic heterocycles. The van der Waals surface area contributed by atoms with Crippen LogP contribution in [-0.2, 0) is 90.7 Å². The Morgan fingerprint density at radius 1 is 0.292 bits per heavy atom. The van der Waals surface area contributed by atoms with E-state index in [0.29, 0.717) is 0 Å². The van der Waals surface area contributed by atoms with Gasteiger partial charge in [0.25, 0.3) is 11.8 Å². The maximum atomic E-state index is 15.1. The molecule has 1 saturated heterocycles. The number of aliphatic hydroxyl groups is 16. The second-order valence-corrected chi connectivity index (χ2v) is 26.5. The minimum atomic E-state index is -1.25. The van der Waals surface area contributed by atoms with Gasteiger partial charge in [-0.2, -0.15) is 0 Å². The number of imide groups is 1. The van der Waals surface area contributed by atoms with Crippen LogP contribution >= 0.6 is 0 Å². The van der Waals surface area contributed by atoms with Crippen molar-refractivity contribution in [1.82, 2.24) is 41.0 Å². The molecular weight excluding hydrogens is 1510 g/mol. The Hall–Kier alpha value is -6.06. The molecule has 0 radical (unpaired) electrons. The predicted molar refractivity (Wildman–Crippen MR) is 390 cm³/mol. The van der Waals surface area contributed by atoms with Crippen molar-refractivity contribution in [3.63, 3.8) is 0 Å². The Bertz CT molecular complexity index is 2340. The van der Waals surface area contributed by atoms with E-state index in [0.717, 1.165) is 14.7 Å². The van der Waals surface area contributed by atoms with Crippen molar-refractivity contribution >= 4 is 59.1 Å². The minimum absolute atomic E-state index is 0.0604. The summed E-state index contributed by atoms with van der Waals surface area (Å²) in [5.41, 5.74) is 0. The summed E-state index contributed by atoms with van der Waals surface area (Å²) in [5.74, 6) is -8.53. The minimum Gasteiger partial charge on any atom is -0.394 e. The summed E-state index contributed by atoms with van der Waals surface area (Å²) < 4.78 is 44.2. The number of carbonyl (C=O) groups is 10. The summed E-state index contributed by atoms with van der Waals surface area (Å²) in [6, 6.07) is -2.96. The van der Waals surface area contributed by atoms with Gasteiger partial charge in [0.05, 0.1) is 112 Å². The standard InChI is InChI=1S/C70H128N8O35/c79-33-53(34-80)105-23-11-49(12-24-106-54(35-81)36-82)71-61(95)3-1-19-75(21-9-63(97)73-51(15-27-109-57(41-87)42-88)16-28-110-58(43-89)44-90)68(102)31-77(65(99)7-8-70(104)113-78-66(100)5-6-67(78)101)32-69(103)76(22-10-64(98)74-52(17-29-111-59(45-91)46-92)18-30-112-60(47-93)48-94)20-2-4-62(96)72-50(13-25-107-55(37-83)38-84)14-26-108-56(39-85)40-86/h49-60,79-94H,1-48H2,(H,71,95)(H,72,96)(H,73,97)(H,74,98). The highest BCUT2D eigenvalue weighted by molar-refractivity contribution is 6.01. The van der Waals surface area contributed by atoms with Gasteiger partial charge < -0.3 is 160 Å². The highest BCUT2D eigenvalue weighted by Gasteiger charge is 2.34. The number of ether oxygens (including phenoxy) is 8. The van der Waals surface area contributed by atoms with E-state index in [-0.39, 0.29) is 161 Å². The maximum Gasteiger partial charge on any atom is 0.333 e. The van der Waals surface area contributed by atoms with Crippen LogP contribution in [0.15, 0.2) is 0 Å². The first kappa shape index (κ1) is 105. The molecule has 20 N–H and O–H groups in total. The molecule has 0 unspecified atom stereocenters. The molecule has 1 rings (SSSR count). The second kappa shape index (κ2) is 66.0. The molecule has 658 valence electrons. The summed E-state index contributed by atoms with van der Waals surface area (Å²) in [4.78, 5) is 147. The number of amides is 9. The third-order valence-electron chi connectivity index (χ3n) is 17.6. The van der Waals surface area contributed by atoms with Crippen LogP contribution in [-0.4, -0.2) is 431 Å². The van der Waals surface area contributed by atoms with Gasteiger partial charge in [-0.25, -0.2) is 4.79 Å². The zero-order chi connectivity index (χ0) is 84.1. The quantitative estimate of drug-likeness (QED) is 0.0251. The number of aliphatic hydroxyl groups excluding tert-OH is 16. The van der Waals surface area contributed by atoms with Crippen LogP contribution in [0.5, 0.6) is 0 Å². The van der Waals surface area contributed by atoms with Crippen molar-refractivity contribution in [2.75, 3.05) is 198 Å². The van der Waals surface area contributed by atoms with Gasteiger partial charge in [-0.15, -0.1) is 5.06 Å². The van der Waals surface area contributed by atoms with E-state index < -0.39 is 290 Å². The molecule has 0 aliphatic carbocycles. The molecule has 0 bridgehead atoms. The summed E-state index contributed by atoms with van der Waals surface area (Å²) in [6.45, 7) is -12.9. The van der Waals surface area contributed by atoms with Crippen LogP contribution in [0.4, 0.5) is 0 Å². The van der Waals surface area contributed by atoms with Gasteiger partial charge >= 0.3 is 5.97 Å². The average Bonchev–Trinajstić information content (AvgIpc) is 1.75. The van der Waals surface area contributed by atoms with Crippen LogP contribution in [0.3, 0.4) is 0 Å². The van der Waals surface area contributed by atoms with Crippen LogP contribution in [0.1, 0.15) is 116 Å². The van der Waals surface area contributed by atoms with Gasteiger partial charge in [-0.1, -0.05) is 0 Å². The highest BCUT2D eigenvalue weighted by atomic mass is 16.7. The largest absolute Gasteiger partial charge is 0.394 e. The Kier molecular flexibility index (Phi) is 61.3. The van der Waals surface area contributed by atoms with Gasteiger partial charge in [-0.3, -0.25) is 43.2 Å². The molecule has 43 nitrogen and oxygen atoms in total. The van der Waals surface area contributed by atoms with Crippen LogP contribution in [0, 0.1) is 0 Å². The molecule has 0 aromatic carbocycles. The number of hydrogen-bond donors (Lipinski definition) is 20. The van der Waals surface area contributed by atoms with Gasteiger partial charge in [0.2, 0.25) is 41.4 Å². The van der Waals surface area contributed by atoms with Gasteiger partial charge in [0.1, 0.15) is 61.9 Å². The molecule has 0 spiro atoms. The molecule has 113 heavy (non-hydrogen) atoms. The predicted octanol–water partition coefficient (Wildman–Crippen LogP) is -9.78. The summed E-state index contributed by atoms with van der Waals surface area (Å²) in [7, 11) is 0. The van der Waals surface area contributed by atoms with Crippen molar-refractivity contribution in [3.05, 3.63) is 0 Å².